The first-order valence-electron chi connectivity index (χ1n) is 6.75. The zero-order valence-corrected chi connectivity index (χ0v) is 10.2. The Balaban J connectivity index is 1.74. The monoisotopic (exact) mass is 211 g/mol. The Labute approximate surface area is 93.8 Å². The number of nitrogens with one attached hydrogen (secondary N) is 1. The molecule has 0 aromatic heterocycles. The van der Waals surface area contributed by atoms with Gasteiger partial charge in [-0.05, 0) is 32.1 Å². The topological polar surface area (TPSA) is 21.3 Å². The van der Waals surface area contributed by atoms with Crippen molar-refractivity contribution in [2.75, 3.05) is 0 Å². The normalized spacial score (nSPS) is 36.0. The molecule has 2 heterocycles. The molecule has 0 aromatic rings. The minimum atomic E-state index is 0.533. The van der Waals surface area contributed by atoms with E-state index < -0.39 is 0 Å². The van der Waals surface area contributed by atoms with Gasteiger partial charge in [-0.15, -0.1) is 0 Å². The minimum Gasteiger partial charge on any atom is -0.373 e. The van der Waals surface area contributed by atoms with E-state index >= 15 is 0 Å². The van der Waals surface area contributed by atoms with Crippen molar-refractivity contribution in [1.82, 2.24) is 5.32 Å². The van der Waals surface area contributed by atoms with Crippen LogP contribution in [0.4, 0.5) is 0 Å². The highest BCUT2D eigenvalue weighted by Crippen LogP contribution is 2.34. The third kappa shape index (κ3) is 2.73. The summed E-state index contributed by atoms with van der Waals surface area (Å²) in [7, 11) is 0. The second-order valence-corrected chi connectivity index (χ2v) is 5.13. The third-order valence-electron chi connectivity index (χ3n) is 3.95. The number of hydrogen-bond donors (Lipinski definition) is 1. The number of unbranched alkanes of at least 4 members (excludes halogenated alkanes) is 1. The van der Waals surface area contributed by atoms with E-state index in [1.54, 1.807) is 0 Å². The molecule has 4 unspecified atom stereocenters. The van der Waals surface area contributed by atoms with Gasteiger partial charge in [0.1, 0.15) is 0 Å². The van der Waals surface area contributed by atoms with Gasteiger partial charge in [0, 0.05) is 12.1 Å². The second-order valence-electron chi connectivity index (χ2n) is 5.13. The van der Waals surface area contributed by atoms with Gasteiger partial charge in [-0.1, -0.05) is 26.7 Å². The van der Waals surface area contributed by atoms with E-state index in [1.165, 1.54) is 44.9 Å². The fourth-order valence-corrected chi connectivity index (χ4v) is 2.97. The Hall–Kier alpha value is -0.0800. The van der Waals surface area contributed by atoms with E-state index in [2.05, 4.69) is 19.2 Å². The Morgan fingerprint density at radius 2 is 2.20 bits per heavy atom. The van der Waals surface area contributed by atoms with E-state index in [0.717, 1.165) is 6.04 Å². The van der Waals surface area contributed by atoms with Gasteiger partial charge in [0.15, 0.2) is 0 Å². The van der Waals surface area contributed by atoms with Crippen molar-refractivity contribution < 1.29 is 4.74 Å². The summed E-state index contributed by atoms with van der Waals surface area (Å²) in [4.78, 5) is 0. The fourth-order valence-electron chi connectivity index (χ4n) is 2.97. The number of hydrogen-bond acceptors (Lipinski definition) is 2. The van der Waals surface area contributed by atoms with Gasteiger partial charge in [0.2, 0.25) is 0 Å². The van der Waals surface area contributed by atoms with Crippen LogP contribution in [0.15, 0.2) is 0 Å². The van der Waals surface area contributed by atoms with E-state index in [9.17, 15) is 0 Å². The van der Waals surface area contributed by atoms with Gasteiger partial charge in [-0.25, -0.2) is 0 Å². The van der Waals surface area contributed by atoms with Gasteiger partial charge in [-0.3, -0.25) is 0 Å². The summed E-state index contributed by atoms with van der Waals surface area (Å²) in [5.41, 5.74) is 0. The van der Waals surface area contributed by atoms with Crippen LogP contribution < -0.4 is 5.32 Å². The van der Waals surface area contributed by atoms with Crippen molar-refractivity contribution in [3.8, 4) is 0 Å². The molecule has 2 rings (SSSR count). The summed E-state index contributed by atoms with van der Waals surface area (Å²) in [6, 6.07) is 1.38. The molecule has 2 heteroatoms. The van der Waals surface area contributed by atoms with Gasteiger partial charge in [0.25, 0.3) is 0 Å². The Morgan fingerprint density at radius 3 is 2.73 bits per heavy atom. The van der Waals surface area contributed by atoms with Crippen LogP contribution in [0.2, 0.25) is 0 Å². The smallest absolute Gasteiger partial charge is 0.0733 e. The maximum atomic E-state index is 5.87. The lowest BCUT2D eigenvalue weighted by atomic mass is 9.94. The third-order valence-corrected chi connectivity index (χ3v) is 3.95. The fraction of sp³-hybridized carbons (Fsp3) is 1.00. The van der Waals surface area contributed by atoms with Crippen molar-refractivity contribution >= 4 is 0 Å². The number of ether oxygens (including phenoxy) is 1. The average Bonchev–Trinajstić information content (AvgIpc) is 2.85. The largest absolute Gasteiger partial charge is 0.373 e. The molecule has 2 saturated heterocycles. The Bertz CT molecular complexity index is 195. The van der Waals surface area contributed by atoms with Crippen molar-refractivity contribution in [2.24, 2.45) is 0 Å². The van der Waals surface area contributed by atoms with Crippen LogP contribution in [0, 0.1) is 0 Å². The first-order chi connectivity index (χ1) is 7.33. The lowest BCUT2D eigenvalue weighted by Crippen LogP contribution is -2.43. The van der Waals surface area contributed by atoms with Gasteiger partial charge in [0.05, 0.1) is 12.2 Å². The number of fused-ring (bicyclic) bond motifs is 2. The van der Waals surface area contributed by atoms with E-state index in [1.807, 2.05) is 0 Å². The molecular formula is C13H25NO. The van der Waals surface area contributed by atoms with Crippen LogP contribution in [0.5, 0.6) is 0 Å². The minimum absolute atomic E-state index is 0.533. The molecule has 15 heavy (non-hydrogen) atoms. The zero-order chi connectivity index (χ0) is 10.7. The SMILES string of the molecule is CCCCC(CC)NC1CC2CCC1O2. The predicted octanol–water partition coefficient (Wildman–Crippen LogP) is 2.86. The molecule has 4 atom stereocenters. The summed E-state index contributed by atoms with van der Waals surface area (Å²) in [6.07, 6.45) is 10.2. The summed E-state index contributed by atoms with van der Waals surface area (Å²) in [5.74, 6) is 0. The van der Waals surface area contributed by atoms with Crippen LogP contribution in [-0.2, 0) is 4.74 Å². The highest BCUT2D eigenvalue weighted by molar-refractivity contribution is 4.95. The molecule has 1 N–H and O–H groups in total. The quantitative estimate of drug-likeness (QED) is 0.729. The number of rotatable bonds is 6. The second kappa shape index (κ2) is 5.31. The lowest BCUT2D eigenvalue weighted by Gasteiger charge is -2.26. The Morgan fingerprint density at radius 1 is 1.33 bits per heavy atom. The first-order valence-corrected chi connectivity index (χ1v) is 6.75. The molecule has 0 saturated carbocycles. The highest BCUT2D eigenvalue weighted by Gasteiger charge is 2.40. The van der Waals surface area contributed by atoms with Gasteiger partial charge >= 0.3 is 0 Å². The molecule has 0 spiro atoms. The van der Waals surface area contributed by atoms with Crippen LogP contribution in [0.3, 0.4) is 0 Å². The van der Waals surface area contributed by atoms with Crippen LogP contribution >= 0.6 is 0 Å². The highest BCUT2D eigenvalue weighted by atomic mass is 16.5. The van der Waals surface area contributed by atoms with Crippen LogP contribution in [-0.4, -0.2) is 24.3 Å². The molecule has 0 aliphatic carbocycles. The van der Waals surface area contributed by atoms with Crippen molar-refractivity contribution in [1.29, 1.82) is 0 Å². The molecule has 2 nitrogen and oxygen atoms in total. The van der Waals surface area contributed by atoms with Crippen LogP contribution in [0.25, 0.3) is 0 Å². The zero-order valence-electron chi connectivity index (χ0n) is 10.2. The molecule has 2 bridgehead atoms. The summed E-state index contributed by atoms with van der Waals surface area (Å²) in [5, 5.41) is 3.81. The van der Waals surface area contributed by atoms with Gasteiger partial charge < -0.3 is 10.1 Å². The first kappa shape index (κ1) is 11.4. The molecule has 0 radical (unpaired) electrons. The van der Waals surface area contributed by atoms with E-state index in [0.29, 0.717) is 18.2 Å². The summed E-state index contributed by atoms with van der Waals surface area (Å²) >= 11 is 0. The molecule has 2 aliphatic heterocycles. The molecular weight excluding hydrogens is 186 g/mol. The molecule has 2 aliphatic rings. The van der Waals surface area contributed by atoms with Crippen LogP contribution in [0.1, 0.15) is 58.8 Å². The standard InChI is InChI=1S/C13H25NO/c1-3-5-6-10(4-2)14-12-9-11-7-8-13(12)15-11/h10-14H,3-9H2,1-2H3. The predicted molar refractivity (Wildman–Crippen MR) is 63.0 cm³/mol. The molecule has 0 amide bonds. The Kier molecular flexibility index (Phi) is 4.04. The van der Waals surface area contributed by atoms with Crippen molar-refractivity contribution in [3.05, 3.63) is 0 Å². The van der Waals surface area contributed by atoms with Gasteiger partial charge in [-0.2, -0.15) is 0 Å². The maximum Gasteiger partial charge on any atom is 0.0733 e. The molecule has 2 fully saturated rings. The summed E-state index contributed by atoms with van der Waals surface area (Å²) < 4.78 is 5.87. The van der Waals surface area contributed by atoms with Crippen molar-refractivity contribution in [3.63, 3.8) is 0 Å². The van der Waals surface area contributed by atoms with E-state index in [-0.39, 0.29) is 0 Å². The average molecular weight is 211 g/mol. The summed E-state index contributed by atoms with van der Waals surface area (Å²) in [6.45, 7) is 4.56. The molecule has 0 aromatic carbocycles. The van der Waals surface area contributed by atoms with E-state index in [4.69, 9.17) is 4.74 Å². The molecule has 88 valence electrons. The lowest BCUT2D eigenvalue weighted by molar-refractivity contribution is 0.0956. The van der Waals surface area contributed by atoms with Crippen molar-refractivity contribution in [2.45, 2.75) is 83.1 Å². The maximum absolute atomic E-state index is 5.87.